The minimum absolute atomic E-state index is 0.310. The molecule has 0 radical (unpaired) electrons. The number of ether oxygens (including phenoxy) is 2. The summed E-state index contributed by atoms with van der Waals surface area (Å²) in [7, 11) is 0. The molecule has 0 unspecified atom stereocenters. The fourth-order valence-electron chi connectivity index (χ4n) is 2.23. The van der Waals surface area contributed by atoms with Crippen molar-refractivity contribution in [1.82, 2.24) is 9.97 Å². The summed E-state index contributed by atoms with van der Waals surface area (Å²) in [6.45, 7) is 3.89. The lowest BCUT2D eigenvalue weighted by Crippen LogP contribution is -2.03. The summed E-state index contributed by atoms with van der Waals surface area (Å²) in [5.74, 6) is 0.534. The van der Waals surface area contributed by atoms with Crippen molar-refractivity contribution in [2.45, 2.75) is 13.8 Å². The molecule has 6 nitrogen and oxygen atoms in total. The SMILES string of the molecule is CCOC(=O)c1sc2ncnc(Oc3ccc(C=O)cc3)c2c1C. The van der Waals surface area contributed by atoms with E-state index in [1.807, 2.05) is 6.92 Å². The number of aromatic nitrogens is 2. The van der Waals surface area contributed by atoms with Gasteiger partial charge in [-0.25, -0.2) is 14.8 Å². The summed E-state index contributed by atoms with van der Waals surface area (Å²) >= 11 is 1.25. The van der Waals surface area contributed by atoms with Crippen LogP contribution >= 0.6 is 11.3 Å². The van der Waals surface area contributed by atoms with E-state index in [4.69, 9.17) is 9.47 Å². The number of benzene rings is 1. The van der Waals surface area contributed by atoms with Gasteiger partial charge in [0.1, 0.15) is 28.1 Å². The monoisotopic (exact) mass is 342 g/mol. The van der Waals surface area contributed by atoms with Crippen LogP contribution in [0.1, 0.15) is 32.5 Å². The quantitative estimate of drug-likeness (QED) is 0.519. The van der Waals surface area contributed by atoms with Gasteiger partial charge < -0.3 is 9.47 Å². The van der Waals surface area contributed by atoms with Gasteiger partial charge in [0.05, 0.1) is 12.0 Å². The molecule has 0 bridgehead atoms. The zero-order chi connectivity index (χ0) is 17.1. The van der Waals surface area contributed by atoms with Gasteiger partial charge in [-0.1, -0.05) is 0 Å². The van der Waals surface area contributed by atoms with E-state index in [0.29, 0.717) is 38.9 Å². The van der Waals surface area contributed by atoms with Gasteiger partial charge in [-0.15, -0.1) is 11.3 Å². The molecular weight excluding hydrogens is 328 g/mol. The van der Waals surface area contributed by atoms with Gasteiger partial charge in [-0.3, -0.25) is 4.79 Å². The normalized spacial score (nSPS) is 10.6. The second kappa shape index (κ2) is 6.76. The van der Waals surface area contributed by atoms with Gasteiger partial charge >= 0.3 is 5.97 Å². The lowest BCUT2D eigenvalue weighted by Gasteiger charge is -2.06. The molecule has 1 aromatic carbocycles. The fraction of sp³-hybridized carbons (Fsp3) is 0.176. The van der Waals surface area contributed by atoms with Crippen LogP contribution in [0.5, 0.6) is 11.6 Å². The molecule has 122 valence electrons. The van der Waals surface area contributed by atoms with Crippen molar-refractivity contribution in [2.24, 2.45) is 0 Å². The first-order chi connectivity index (χ1) is 11.6. The molecule has 0 fully saturated rings. The summed E-state index contributed by atoms with van der Waals surface area (Å²) in [5, 5.41) is 0.685. The second-order valence-corrected chi connectivity index (χ2v) is 5.92. The van der Waals surface area contributed by atoms with Crippen molar-refractivity contribution >= 4 is 33.8 Å². The van der Waals surface area contributed by atoms with E-state index in [1.165, 1.54) is 17.7 Å². The van der Waals surface area contributed by atoms with Crippen LogP contribution in [0.15, 0.2) is 30.6 Å². The predicted molar refractivity (Wildman–Crippen MR) is 90.0 cm³/mol. The van der Waals surface area contributed by atoms with Gasteiger partial charge in [0.15, 0.2) is 0 Å². The first-order valence-electron chi connectivity index (χ1n) is 7.28. The molecule has 0 aliphatic heterocycles. The van der Waals surface area contributed by atoms with Crippen molar-refractivity contribution in [3.63, 3.8) is 0 Å². The van der Waals surface area contributed by atoms with Crippen LogP contribution in [0.25, 0.3) is 10.2 Å². The van der Waals surface area contributed by atoms with Gasteiger partial charge in [0.25, 0.3) is 0 Å². The van der Waals surface area contributed by atoms with Crippen molar-refractivity contribution < 1.29 is 19.1 Å². The minimum atomic E-state index is -0.376. The van der Waals surface area contributed by atoms with Crippen molar-refractivity contribution in [1.29, 1.82) is 0 Å². The average molecular weight is 342 g/mol. The highest BCUT2D eigenvalue weighted by Crippen LogP contribution is 2.36. The maximum atomic E-state index is 12.0. The van der Waals surface area contributed by atoms with Crippen LogP contribution < -0.4 is 4.74 Å². The molecular formula is C17H14N2O4S. The molecule has 0 aliphatic rings. The van der Waals surface area contributed by atoms with Crippen molar-refractivity contribution in [2.75, 3.05) is 6.61 Å². The first-order valence-corrected chi connectivity index (χ1v) is 8.10. The Balaban J connectivity index is 2.01. The highest BCUT2D eigenvalue weighted by molar-refractivity contribution is 7.20. The Labute approximate surface area is 142 Å². The molecule has 0 N–H and O–H groups in total. The minimum Gasteiger partial charge on any atom is -0.462 e. The number of fused-ring (bicyclic) bond motifs is 1. The van der Waals surface area contributed by atoms with Gasteiger partial charge in [0.2, 0.25) is 5.88 Å². The Morgan fingerprint density at radius 1 is 1.25 bits per heavy atom. The maximum absolute atomic E-state index is 12.0. The zero-order valence-corrected chi connectivity index (χ0v) is 13.9. The third-order valence-electron chi connectivity index (χ3n) is 3.38. The number of hydrogen-bond acceptors (Lipinski definition) is 7. The Hall–Kier alpha value is -2.80. The molecule has 2 heterocycles. The molecule has 3 rings (SSSR count). The average Bonchev–Trinajstić information content (AvgIpc) is 2.94. The molecule has 0 amide bonds. The second-order valence-electron chi connectivity index (χ2n) is 4.92. The number of aldehydes is 1. The molecule has 0 aliphatic carbocycles. The van der Waals surface area contributed by atoms with E-state index in [0.717, 1.165) is 11.8 Å². The third kappa shape index (κ3) is 2.98. The van der Waals surface area contributed by atoms with E-state index in [2.05, 4.69) is 9.97 Å². The van der Waals surface area contributed by atoms with Crippen LogP contribution in [0.3, 0.4) is 0 Å². The largest absolute Gasteiger partial charge is 0.462 e. The first kappa shape index (κ1) is 16.1. The molecule has 7 heteroatoms. The highest BCUT2D eigenvalue weighted by atomic mass is 32.1. The Kier molecular flexibility index (Phi) is 4.52. The molecule has 24 heavy (non-hydrogen) atoms. The van der Waals surface area contributed by atoms with E-state index in [-0.39, 0.29) is 5.97 Å². The summed E-state index contributed by atoms with van der Waals surface area (Å²) in [6.07, 6.45) is 2.16. The number of carbonyl (C=O) groups is 2. The summed E-state index contributed by atoms with van der Waals surface area (Å²) in [6, 6.07) is 6.69. The topological polar surface area (TPSA) is 78.4 Å². The van der Waals surface area contributed by atoms with Crippen LogP contribution in [0.2, 0.25) is 0 Å². The van der Waals surface area contributed by atoms with Crippen LogP contribution in [0, 0.1) is 6.92 Å². The van der Waals surface area contributed by atoms with E-state index in [9.17, 15) is 9.59 Å². The van der Waals surface area contributed by atoms with Gasteiger partial charge in [0, 0.05) is 5.56 Å². The van der Waals surface area contributed by atoms with Crippen LogP contribution in [-0.2, 0) is 4.74 Å². The molecule has 0 atom stereocenters. The smallest absolute Gasteiger partial charge is 0.348 e. The lowest BCUT2D eigenvalue weighted by molar-refractivity contribution is 0.0531. The Bertz CT molecular complexity index is 903. The number of aryl methyl sites for hydroxylation is 1. The summed E-state index contributed by atoms with van der Waals surface area (Å²) in [5.41, 5.74) is 1.29. The molecule has 3 aromatic rings. The van der Waals surface area contributed by atoms with Crippen molar-refractivity contribution in [3.05, 3.63) is 46.6 Å². The number of carbonyl (C=O) groups excluding carboxylic acids is 2. The Morgan fingerprint density at radius 3 is 2.67 bits per heavy atom. The van der Waals surface area contributed by atoms with E-state index >= 15 is 0 Å². The third-order valence-corrected chi connectivity index (χ3v) is 4.56. The fourth-order valence-corrected chi connectivity index (χ4v) is 3.27. The van der Waals surface area contributed by atoms with Crippen LogP contribution in [-0.4, -0.2) is 28.8 Å². The van der Waals surface area contributed by atoms with E-state index in [1.54, 1.807) is 31.2 Å². The van der Waals surface area contributed by atoms with Gasteiger partial charge in [-0.2, -0.15) is 0 Å². The number of esters is 1. The molecule has 2 aromatic heterocycles. The van der Waals surface area contributed by atoms with Gasteiger partial charge in [-0.05, 0) is 43.7 Å². The molecule has 0 spiro atoms. The highest BCUT2D eigenvalue weighted by Gasteiger charge is 2.21. The van der Waals surface area contributed by atoms with Crippen LogP contribution in [0.4, 0.5) is 0 Å². The number of rotatable bonds is 5. The summed E-state index contributed by atoms with van der Waals surface area (Å²) in [4.78, 5) is 32.3. The molecule has 0 saturated heterocycles. The summed E-state index contributed by atoms with van der Waals surface area (Å²) < 4.78 is 10.9. The lowest BCUT2D eigenvalue weighted by atomic mass is 10.2. The number of hydrogen-bond donors (Lipinski definition) is 0. The number of nitrogens with zero attached hydrogens (tertiary/aromatic N) is 2. The zero-order valence-electron chi connectivity index (χ0n) is 13.1. The van der Waals surface area contributed by atoms with Crippen molar-refractivity contribution in [3.8, 4) is 11.6 Å². The maximum Gasteiger partial charge on any atom is 0.348 e. The predicted octanol–water partition coefficient (Wildman–Crippen LogP) is 3.78. The molecule has 0 saturated carbocycles. The number of thiophene rings is 1. The van der Waals surface area contributed by atoms with E-state index < -0.39 is 0 Å². The Morgan fingerprint density at radius 2 is 2.00 bits per heavy atom. The standard InChI is InChI=1S/C17H14N2O4S/c1-3-22-17(21)14-10(2)13-15(18-9-19-16(13)24-14)23-12-6-4-11(8-20)5-7-12/h4-9H,3H2,1-2H3.